The molecule has 4 rings (SSSR count). The topological polar surface area (TPSA) is 80.5 Å². The number of furan rings is 1. The molecule has 0 spiro atoms. The lowest BCUT2D eigenvalue weighted by atomic mass is 9.84. The van der Waals surface area contributed by atoms with E-state index in [-0.39, 0.29) is 12.0 Å². The zero-order valence-corrected chi connectivity index (χ0v) is 14.0. The summed E-state index contributed by atoms with van der Waals surface area (Å²) >= 11 is 0. The number of ether oxygens (including phenoxy) is 1. The van der Waals surface area contributed by atoms with Crippen molar-refractivity contribution in [3.8, 4) is 0 Å². The van der Waals surface area contributed by atoms with Crippen molar-refractivity contribution in [2.45, 2.75) is 19.1 Å². The first kappa shape index (κ1) is 16.2. The maximum Gasteiger partial charge on any atom is 0.271 e. The Hall–Kier alpha value is -2.25. The van der Waals surface area contributed by atoms with Gasteiger partial charge in [0, 0.05) is 43.5 Å². The lowest BCUT2D eigenvalue weighted by Gasteiger charge is -2.35. The van der Waals surface area contributed by atoms with E-state index in [4.69, 9.17) is 9.15 Å². The van der Waals surface area contributed by atoms with Gasteiger partial charge in [0.25, 0.3) is 5.91 Å². The number of nitrogens with zero attached hydrogens (tertiary/aromatic N) is 3. The summed E-state index contributed by atoms with van der Waals surface area (Å²) in [5.74, 6) is 0.833. The van der Waals surface area contributed by atoms with Crippen molar-refractivity contribution >= 4 is 5.91 Å². The van der Waals surface area contributed by atoms with E-state index in [0.29, 0.717) is 24.1 Å². The van der Waals surface area contributed by atoms with E-state index in [1.807, 2.05) is 12.3 Å². The molecule has 0 radical (unpaired) electrons. The van der Waals surface area contributed by atoms with Crippen LogP contribution >= 0.6 is 0 Å². The van der Waals surface area contributed by atoms with Crippen LogP contribution in [-0.2, 0) is 11.3 Å². The van der Waals surface area contributed by atoms with E-state index < -0.39 is 0 Å². The van der Waals surface area contributed by atoms with E-state index >= 15 is 0 Å². The molecule has 7 nitrogen and oxygen atoms in total. The van der Waals surface area contributed by atoms with Crippen LogP contribution in [0.2, 0.25) is 0 Å². The summed E-state index contributed by atoms with van der Waals surface area (Å²) in [5, 5.41) is 2.93. The zero-order valence-electron chi connectivity index (χ0n) is 14.0. The number of nitrogens with one attached hydrogen (secondary N) is 1. The molecule has 4 heterocycles. The summed E-state index contributed by atoms with van der Waals surface area (Å²) < 4.78 is 11.1. The van der Waals surface area contributed by atoms with Crippen LogP contribution in [0.4, 0.5) is 0 Å². The summed E-state index contributed by atoms with van der Waals surface area (Å²) in [6.07, 6.45) is 9.25. The van der Waals surface area contributed by atoms with E-state index in [1.54, 1.807) is 12.5 Å². The molecule has 0 aliphatic carbocycles. The highest BCUT2D eigenvalue weighted by molar-refractivity contribution is 5.91. The summed E-state index contributed by atoms with van der Waals surface area (Å²) in [4.78, 5) is 22.5. The molecule has 1 amide bonds. The second-order valence-corrected chi connectivity index (χ2v) is 6.75. The molecule has 0 bridgehead atoms. The minimum atomic E-state index is -0.197. The van der Waals surface area contributed by atoms with Crippen molar-refractivity contribution in [3.05, 3.63) is 48.4 Å². The molecule has 132 valence electrons. The standard InChI is InChI=1S/C18H22N4O3/c23-18(16-7-19-3-4-20-16)21-8-17-15-1-5-22(10-14(15)12-25-17)9-13-2-6-24-11-13/h2-4,6-7,11,14-15,17H,1,5,8-10,12H2,(H,21,23)/t14-,15-,17+/m1/s1. The van der Waals surface area contributed by atoms with Crippen LogP contribution in [0.25, 0.3) is 0 Å². The highest BCUT2D eigenvalue weighted by atomic mass is 16.5. The molecule has 0 aromatic carbocycles. The van der Waals surface area contributed by atoms with E-state index in [1.165, 1.54) is 18.0 Å². The van der Waals surface area contributed by atoms with Gasteiger partial charge in [-0.3, -0.25) is 14.7 Å². The minimum absolute atomic E-state index is 0.0849. The Morgan fingerprint density at radius 2 is 2.36 bits per heavy atom. The van der Waals surface area contributed by atoms with Gasteiger partial charge in [-0.1, -0.05) is 0 Å². The Kier molecular flexibility index (Phi) is 4.76. The van der Waals surface area contributed by atoms with E-state index in [9.17, 15) is 4.79 Å². The van der Waals surface area contributed by atoms with Crippen molar-refractivity contribution in [1.29, 1.82) is 0 Å². The predicted molar refractivity (Wildman–Crippen MR) is 89.7 cm³/mol. The van der Waals surface area contributed by atoms with Gasteiger partial charge in [-0.15, -0.1) is 0 Å². The molecule has 0 saturated carbocycles. The fourth-order valence-electron chi connectivity index (χ4n) is 3.86. The van der Waals surface area contributed by atoms with Crippen LogP contribution in [0.15, 0.2) is 41.6 Å². The minimum Gasteiger partial charge on any atom is -0.472 e. The first-order valence-electron chi connectivity index (χ1n) is 8.69. The van der Waals surface area contributed by atoms with Gasteiger partial charge in [0.05, 0.1) is 31.4 Å². The maximum atomic E-state index is 12.1. The van der Waals surface area contributed by atoms with E-state index in [2.05, 4.69) is 20.2 Å². The third-order valence-corrected chi connectivity index (χ3v) is 5.12. The third-order valence-electron chi connectivity index (χ3n) is 5.12. The Bertz CT molecular complexity index is 692. The fraction of sp³-hybridized carbons (Fsp3) is 0.500. The molecule has 0 unspecified atom stereocenters. The molecule has 2 aliphatic rings. The average molecular weight is 342 g/mol. The number of piperidine rings is 1. The van der Waals surface area contributed by atoms with Gasteiger partial charge in [0.1, 0.15) is 5.69 Å². The lowest BCUT2D eigenvalue weighted by molar-refractivity contribution is 0.0740. The van der Waals surface area contributed by atoms with Crippen molar-refractivity contribution in [2.24, 2.45) is 11.8 Å². The molecule has 25 heavy (non-hydrogen) atoms. The molecule has 2 aromatic heterocycles. The average Bonchev–Trinajstić information content (AvgIpc) is 3.30. The van der Waals surface area contributed by atoms with Crippen LogP contribution in [0.5, 0.6) is 0 Å². The summed E-state index contributed by atoms with van der Waals surface area (Å²) in [7, 11) is 0. The summed E-state index contributed by atoms with van der Waals surface area (Å²) in [6, 6.07) is 2.02. The first-order valence-corrected chi connectivity index (χ1v) is 8.69. The SMILES string of the molecule is O=C(NC[C@@H]1OC[C@H]2CN(Cc3ccoc3)CC[C@H]21)c1cnccn1. The normalized spacial score (nSPS) is 26.3. The van der Waals surface area contributed by atoms with Gasteiger partial charge in [-0.05, 0) is 24.9 Å². The Morgan fingerprint density at radius 1 is 1.40 bits per heavy atom. The number of rotatable bonds is 5. The van der Waals surface area contributed by atoms with Crippen LogP contribution in [0.3, 0.4) is 0 Å². The van der Waals surface area contributed by atoms with Crippen LogP contribution in [0, 0.1) is 11.8 Å². The van der Waals surface area contributed by atoms with E-state index in [0.717, 1.165) is 32.7 Å². The second kappa shape index (κ2) is 7.33. The highest BCUT2D eigenvalue weighted by Gasteiger charge is 2.40. The van der Waals surface area contributed by atoms with Gasteiger partial charge < -0.3 is 14.5 Å². The van der Waals surface area contributed by atoms with Gasteiger partial charge in [-0.25, -0.2) is 4.98 Å². The van der Waals surface area contributed by atoms with Crippen LogP contribution < -0.4 is 5.32 Å². The Labute approximate surface area is 146 Å². The molecule has 1 N–H and O–H groups in total. The predicted octanol–water partition coefficient (Wildman–Crippen LogP) is 1.34. The van der Waals surface area contributed by atoms with Crippen molar-refractivity contribution in [2.75, 3.05) is 26.2 Å². The quantitative estimate of drug-likeness (QED) is 0.883. The number of fused-ring (bicyclic) bond motifs is 1. The fourth-order valence-corrected chi connectivity index (χ4v) is 3.86. The van der Waals surface area contributed by atoms with Crippen molar-refractivity contribution in [1.82, 2.24) is 20.2 Å². The molecule has 2 aromatic rings. The number of amides is 1. The Morgan fingerprint density at radius 3 is 3.16 bits per heavy atom. The zero-order chi connectivity index (χ0) is 17.1. The van der Waals surface area contributed by atoms with Crippen molar-refractivity contribution < 1.29 is 13.9 Å². The number of carbonyl (C=O) groups is 1. The number of likely N-dealkylation sites (tertiary alicyclic amines) is 1. The van der Waals surface area contributed by atoms with Gasteiger partial charge >= 0.3 is 0 Å². The highest BCUT2D eigenvalue weighted by Crippen LogP contribution is 2.34. The Balaban J connectivity index is 1.28. The third kappa shape index (κ3) is 3.72. The molecule has 2 aliphatic heterocycles. The largest absolute Gasteiger partial charge is 0.472 e. The van der Waals surface area contributed by atoms with Gasteiger partial charge in [0.2, 0.25) is 0 Å². The molecular weight excluding hydrogens is 320 g/mol. The number of hydrogen-bond acceptors (Lipinski definition) is 6. The summed E-state index contributed by atoms with van der Waals surface area (Å²) in [6.45, 7) is 4.29. The lowest BCUT2D eigenvalue weighted by Crippen LogP contribution is -2.43. The molecular formula is C18H22N4O3. The number of hydrogen-bond donors (Lipinski definition) is 1. The van der Waals surface area contributed by atoms with Gasteiger partial charge in [0.15, 0.2) is 0 Å². The molecule has 3 atom stereocenters. The monoisotopic (exact) mass is 342 g/mol. The number of aromatic nitrogens is 2. The first-order chi connectivity index (χ1) is 12.3. The smallest absolute Gasteiger partial charge is 0.271 e. The summed E-state index contributed by atoms with van der Waals surface area (Å²) in [5.41, 5.74) is 1.55. The van der Waals surface area contributed by atoms with Crippen LogP contribution in [0.1, 0.15) is 22.5 Å². The maximum absolute atomic E-state index is 12.1. The molecule has 7 heteroatoms. The number of carbonyl (C=O) groups excluding carboxylic acids is 1. The molecule has 2 saturated heterocycles. The molecule has 2 fully saturated rings. The van der Waals surface area contributed by atoms with Crippen molar-refractivity contribution in [3.63, 3.8) is 0 Å². The van der Waals surface area contributed by atoms with Crippen LogP contribution in [-0.4, -0.2) is 53.1 Å². The van der Waals surface area contributed by atoms with Gasteiger partial charge in [-0.2, -0.15) is 0 Å². The second-order valence-electron chi connectivity index (χ2n) is 6.75.